The Morgan fingerprint density at radius 3 is 2.11 bits per heavy atom. The van der Waals surface area contributed by atoms with Crippen LogP contribution in [0, 0.1) is 0 Å². The number of amides is 2. The van der Waals surface area contributed by atoms with Gasteiger partial charge in [-0.1, -0.05) is 0 Å². The van der Waals surface area contributed by atoms with Crippen molar-refractivity contribution in [1.29, 1.82) is 0 Å². The van der Waals surface area contributed by atoms with Crippen LogP contribution in [-0.2, 0) is 4.79 Å². The average Bonchev–Trinajstić information content (AvgIpc) is 2.31. The molecule has 0 aromatic heterocycles. The summed E-state index contributed by atoms with van der Waals surface area (Å²) >= 11 is 0. The molecule has 0 saturated heterocycles. The van der Waals surface area contributed by atoms with E-state index in [1.807, 2.05) is 21.0 Å². The Bertz CT molecular complexity index is 282. The number of hydrogen-bond donors (Lipinski definition) is 1. The Labute approximate surface area is 109 Å². The number of urea groups is 1. The second-order valence-corrected chi connectivity index (χ2v) is 4.64. The Morgan fingerprint density at radius 1 is 1.17 bits per heavy atom. The Kier molecular flexibility index (Phi) is 7.35. The van der Waals surface area contributed by atoms with E-state index < -0.39 is 12.0 Å². The predicted molar refractivity (Wildman–Crippen MR) is 70.7 cm³/mol. The van der Waals surface area contributed by atoms with E-state index in [0.717, 1.165) is 13.0 Å². The number of nitrogens with zero attached hydrogens (tertiary/aromatic N) is 3. The summed E-state index contributed by atoms with van der Waals surface area (Å²) < 4.78 is 0. The lowest BCUT2D eigenvalue weighted by Gasteiger charge is -2.29. The van der Waals surface area contributed by atoms with Gasteiger partial charge in [0.05, 0.1) is 0 Å². The minimum atomic E-state index is -0.991. The summed E-state index contributed by atoms with van der Waals surface area (Å²) in [6, 6.07) is -1.04. The van der Waals surface area contributed by atoms with E-state index in [0.29, 0.717) is 13.1 Å². The van der Waals surface area contributed by atoms with Gasteiger partial charge in [0, 0.05) is 20.1 Å². The zero-order chi connectivity index (χ0) is 14.3. The fourth-order valence-corrected chi connectivity index (χ4v) is 1.52. The molecule has 2 amide bonds. The summed E-state index contributed by atoms with van der Waals surface area (Å²) in [6.07, 6.45) is 0.877. The lowest BCUT2D eigenvalue weighted by molar-refractivity contribution is -0.141. The maximum atomic E-state index is 12.1. The first kappa shape index (κ1) is 16.7. The fourth-order valence-electron chi connectivity index (χ4n) is 1.52. The summed E-state index contributed by atoms with van der Waals surface area (Å²) in [5.41, 5.74) is 0. The number of carboxylic acids is 1. The van der Waals surface area contributed by atoms with Gasteiger partial charge in [-0.3, -0.25) is 0 Å². The van der Waals surface area contributed by atoms with Gasteiger partial charge in [0.25, 0.3) is 0 Å². The molecule has 6 nitrogen and oxygen atoms in total. The van der Waals surface area contributed by atoms with Gasteiger partial charge < -0.3 is 19.8 Å². The maximum absolute atomic E-state index is 12.1. The van der Waals surface area contributed by atoms with Gasteiger partial charge in [-0.25, -0.2) is 9.59 Å². The fraction of sp³-hybridized carbons (Fsp3) is 0.833. The van der Waals surface area contributed by atoms with Crippen molar-refractivity contribution < 1.29 is 14.7 Å². The number of hydrogen-bond acceptors (Lipinski definition) is 3. The Morgan fingerprint density at radius 2 is 1.72 bits per heavy atom. The highest BCUT2D eigenvalue weighted by Gasteiger charge is 2.24. The molecule has 1 atom stereocenters. The molecule has 0 aliphatic rings. The summed E-state index contributed by atoms with van der Waals surface area (Å²) in [5.74, 6) is -0.991. The SMILES string of the molecule is CCN(CCCN(C)C)C(=O)N(C)C(C)C(=O)O. The lowest BCUT2D eigenvalue weighted by Crippen LogP contribution is -2.48. The first-order valence-electron chi connectivity index (χ1n) is 6.20. The Balaban J connectivity index is 4.37. The first-order chi connectivity index (χ1) is 8.31. The van der Waals surface area contributed by atoms with Crippen LogP contribution in [0.25, 0.3) is 0 Å². The van der Waals surface area contributed by atoms with Crippen molar-refractivity contribution in [2.24, 2.45) is 0 Å². The van der Waals surface area contributed by atoms with Crippen molar-refractivity contribution >= 4 is 12.0 Å². The molecule has 0 fully saturated rings. The van der Waals surface area contributed by atoms with Crippen LogP contribution in [0.15, 0.2) is 0 Å². The van der Waals surface area contributed by atoms with Crippen LogP contribution >= 0.6 is 0 Å². The minimum absolute atomic E-state index is 0.230. The van der Waals surface area contributed by atoms with E-state index in [-0.39, 0.29) is 6.03 Å². The lowest BCUT2D eigenvalue weighted by atomic mass is 10.3. The normalized spacial score (nSPS) is 12.3. The van der Waals surface area contributed by atoms with E-state index in [9.17, 15) is 9.59 Å². The molecule has 0 aliphatic heterocycles. The zero-order valence-electron chi connectivity index (χ0n) is 12.0. The van der Waals surface area contributed by atoms with Crippen molar-refractivity contribution in [3.05, 3.63) is 0 Å². The molecule has 0 heterocycles. The van der Waals surface area contributed by atoms with Crippen LogP contribution in [0.4, 0.5) is 4.79 Å². The van der Waals surface area contributed by atoms with E-state index in [1.165, 1.54) is 18.9 Å². The molecule has 0 rings (SSSR count). The molecular weight excluding hydrogens is 234 g/mol. The number of rotatable bonds is 7. The third-order valence-electron chi connectivity index (χ3n) is 2.93. The predicted octanol–water partition coefficient (Wildman–Crippen LogP) is 0.785. The molecular formula is C12H25N3O3. The average molecular weight is 259 g/mol. The van der Waals surface area contributed by atoms with Gasteiger partial charge in [0.2, 0.25) is 0 Å². The molecule has 0 saturated carbocycles. The minimum Gasteiger partial charge on any atom is -0.480 e. The molecule has 1 unspecified atom stereocenters. The number of carboxylic acid groups (broad SMARTS) is 1. The molecule has 0 bridgehead atoms. The zero-order valence-corrected chi connectivity index (χ0v) is 12.0. The van der Waals surface area contributed by atoms with Crippen LogP contribution in [0.3, 0.4) is 0 Å². The van der Waals surface area contributed by atoms with Crippen LogP contribution in [0.2, 0.25) is 0 Å². The molecule has 0 radical (unpaired) electrons. The number of likely N-dealkylation sites (N-methyl/N-ethyl adjacent to an activating group) is 1. The molecule has 0 spiro atoms. The molecule has 6 heteroatoms. The van der Waals surface area contributed by atoms with Crippen molar-refractivity contribution in [3.8, 4) is 0 Å². The van der Waals surface area contributed by atoms with Crippen molar-refractivity contribution in [2.75, 3.05) is 40.8 Å². The van der Waals surface area contributed by atoms with Crippen LogP contribution in [0.1, 0.15) is 20.3 Å². The maximum Gasteiger partial charge on any atom is 0.326 e. The summed E-state index contributed by atoms with van der Waals surface area (Å²) in [6.45, 7) is 5.54. The highest BCUT2D eigenvalue weighted by atomic mass is 16.4. The number of carbonyl (C=O) groups excluding carboxylic acids is 1. The van der Waals surface area contributed by atoms with Crippen LogP contribution in [-0.4, -0.2) is 78.6 Å². The van der Waals surface area contributed by atoms with Crippen molar-refractivity contribution in [2.45, 2.75) is 26.3 Å². The monoisotopic (exact) mass is 259 g/mol. The quantitative estimate of drug-likeness (QED) is 0.734. The largest absolute Gasteiger partial charge is 0.480 e. The smallest absolute Gasteiger partial charge is 0.326 e. The third kappa shape index (κ3) is 5.35. The first-order valence-corrected chi connectivity index (χ1v) is 6.20. The summed E-state index contributed by atoms with van der Waals surface area (Å²) in [4.78, 5) is 27.9. The van der Waals surface area contributed by atoms with E-state index in [2.05, 4.69) is 4.90 Å². The van der Waals surface area contributed by atoms with Gasteiger partial charge in [0.1, 0.15) is 6.04 Å². The van der Waals surface area contributed by atoms with E-state index in [4.69, 9.17) is 5.11 Å². The molecule has 1 N–H and O–H groups in total. The second-order valence-electron chi connectivity index (χ2n) is 4.64. The number of aliphatic carboxylic acids is 1. The van der Waals surface area contributed by atoms with E-state index >= 15 is 0 Å². The molecule has 0 aromatic carbocycles. The summed E-state index contributed by atoms with van der Waals surface area (Å²) in [7, 11) is 5.49. The molecule has 106 valence electrons. The van der Waals surface area contributed by atoms with Gasteiger partial charge >= 0.3 is 12.0 Å². The topological polar surface area (TPSA) is 64.1 Å². The summed E-state index contributed by atoms with van der Waals surface area (Å²) in [5, 5.41) is 8.89. The molecule has 0 aliphatic carbocycles. The number of carbonyl (C=O) groups is 2. The van der Waals surface area contributed by atoms with Crippen molar-refractivity contribution in [3.63, 3.8) is 0 Å². The van der Waals surface area contributed by atoms with Crippen molar-refractivity contribution in [1.82, 2.24) is 14.7 Å². The Hall–Kier alpha value is -1.30. The van der Waals surface area contributed by atoms with Gasteiger partial charge in [-0.15, -0.1) is 0 Å². The van der Waals surface area contributed by atoms with Crippen LogP contribution < -0.4 is 0 Å². The van der Waals surface area contributed by atoms with Crippen LogP contribution in [0.5, 0.6) is 0 Å². The molecule has 0 aromatic rings. The van der Waals surface area contributed by atoms with E-state index in [1.54, 1.807) is 4.90 Å². The molecule has 18 heavy (non-hydrogen) atoms. The second kappa shape index (κ2) is 7.92. The highest BCUT2D eigenvalue weighted by Crippen LogP contribution is 2.04. The standard InChI is InChI=1S/C12H25N3O3/c1-6-15(9-7-8-13(3)4)12(18)14(5)10(2)11(16)17/h10H,6-9H2,1-5H3,(H,16,17). The van der Waals surface area contributed by atoms with Gasteiger partial charge in [-0.05, 0) is 40.9 Å². The highest BCUT2D eigenvalue weighted by molar-refractivity contribution is 5.82. The van der Waals surface area contributed by atoms with Gasteiger partial charge in [0.15, 0.2) is 0 Å². The van der Waals surface area contributed by atoms with Gasteiger partial charge in [-0.2, -0.15) is 0 Å². The third-order valence-corrected chi connectivity index (χ3v) is 2.93.